The van der Waals surface area contributed by atoms with Crippen molar-refractivity contribution in [2.24, 2.45) is 0 Å². The van der Waals surface area contributed by atoms with Crippen LogP contribution in [0.15, 0.2) is 29.6 Å². The van der Waals surface area contributed by atoms with Gasteiger partial charge in [0, 0.05) is 17.0 Å². The lowest BCUT2D eigenvalue weighted by molar-refractivity contribution is 0.0927. The van der Waals surface area contributed by atoms with Gasteiger partial charge in [-0.15, -0.1) is 11.3 Å². The maximum absolute atomic E-state index is 12.4. The van der Waals surface area contributed by atoms with Crippen LogP contribution in [0.2, 0.25) is 0 Å². The quantitative estimate of drug-likeness (QED) is 0.898. The van der Waals surface area contributed by atoms with Crippen LogP contribution in [0.25, 0.3) is 0 Å². The number of aromatic nitrogens is 1. The summed E-state index contributed by atoms with van der Waals surface area (Å²) < 4.78 is 5.75. The lowest BCUT2D eigenvalue weighted by Crippen LogP contribution is -2.36. The Bertz CT molecular complexity index is 663. The number of amides is 1. The third-order valence-electron chi connectivity index (χ3n) is 4.09. The summed E-state index contributed by atoms with van der Waals surface area (Å²) in [4.78, 5) is 16.7. The molecule has 0 atom stereocenters. The third-order valence-corrected chi connectivity index (χ3v) is 4.91. The monoisotopic (exact) mass is 330 g/mol. The van der Waals surface area contributed by atoms with Crippen LogP contribution in [-0.4, -0.2) is 16.9 Å². The molecule has 0 aliphatic heterocycles. The van der Waals surface area contributed by atoms with Crippen LogP contribution >= 0.6 is 11.3 Å². The van der Waals surface area contributed by atoms with Gasteiger partial charge in [-0.2, -0.15) is 0 Å². The van der Waals surface area contributed by atoms with Gasteiger partial charge in [-0.05, 0) is 38.0 Å². The van der Waals surface area contributed by atoms with Gasteiger partial charge in [0.1, 0.15) is 12.4 Å². The van der Waals surface area contributed by atoms with Crippen molar-refractivity contribution in [3.63, 3.8) is 0 Å². The zero-order valence-electron chi connectivity index (χ0n) is 13.4. The maximum Gasteiger partial charge on any atom is 0.251 e. The summed E-state index contributed by atoms with van der Waals surface area (Å²) in [5.41, 5.74) is 1.58. The van der Waals surface area contributed by atoms with Crippen LogP contribution in [0.3, 0.4) is 0 Å². The number of nitrogens with one attached hydrogen (secondary N) is 1. The van der Waals surface area contributed by atoms with Crippen molar-refractivity contribution in [1.82, 2.24) is 10.3 Å². The third kappa shape index (κ3) is 4.55. The van der Waals surface area contributed by atoms with E-state index in [9.17, 15) is 4.79 Å². The first kappa shape index (κ1) is 16.0. The van der Waals surface area contributed by atoms with E-state index in [2.05, 4.69) is 10.3 Å². The summed E-state index contributed by atoms with van der Waals surface area (Å²) in [6.07, 6.45) is 5.88. The highest BCUT2D eigenvalue weighted by atomic mass is 32.1. The second kappa shape index (κ2) is 7.59. The molecule has 0 saturated heterocycles. The Balaban J connectivity index is 1.58. The number of ether oxygens (including phenoxy) is 1. The standard InChI is InChI=1S/C18H22N2O2S/c1-13-19-16(12-23-13)11-22-17-9-5-6-14(10-17)18(21)20-15-7-3-2-4-8-15/h5-6,9-10,12,15H,2-4,7-8,11H2,1H3,(H,20,21). The van der Waals surface area contributed by atoms with E-state index in [1.54, 1.807) is 17.4 Å². The molecule has 5 heteroatoms. The summed E-state index contributed by atoms with van der Waals surface area (Å²) in [6.45, 7) is 2.41. The largest absolute Gasteiger partial charge is 0.487 e. The molecule has 2 aromatic rings. The smallest absolute Gasteiger partial charge is 0.251 e. The number of rotatable bonds is 5. The zero-order chi connectivity index (χ0) is 16.1. The molecule has 0 unspecified atom stereocenters. The molecule has 1 heterocycles. The molecule has 0 spiro atoms. The Morgan fingerprint density at radius 1 is 1.35 bits per heavy atom. The highest BCUT2D eigenvalue weighted by molar-refractivity contribution is 7.09. The van der Waals surface area contributed by atoms with E-state index in [0.29, 0.717) is 24.0 Å². The van der Waals surface area contributed by atoms with Gasteiger partial charge in [-0.3, -0.25) is 4.79 Å². The molecule has 1 aliphatic carbocycles. The molecule has 4 nitrogen and oxygen atoms in total. The molecule has 3 rings (SSSR count). The van der Waals surface area contributed by atoms with Gasteiger partial charge >= 0.3 is 0 Å². The van der Waals surface area contributed by atoms with Gasteiger partial charge in [-0.1, -0.05) is 25.3 Å². The Morgan fingerprint density at radius 2 is 2.17 bits per heavy atom. The maximum atomic E-state index is 12.4. The fraction of sp³-hybridized carbons (Fsp3) is 0.444. The molecule has 0 radical (unpaired) electrons. The first-order valence-electron chi connectivity index (χ1n) is 8.15. The zero-order valence-corrected chi connectivity index (χ0v) is 14.2. The summed E-state index contributed by atoms with van der Waals surface area (Å²) in [6, 6.07) is 7.68. The van der Waals surface area contributed by atoms with E-state index in [1.165, 1.54) is 19.3 Å². The van der Waals surface area contributed by atoms with Crippen LogP contribution in [0.1, 0.15) is 53.2 Å². The average molecular weight is 330 g/mol. The Hall–Kier alpha value is -1.88. The summed E-state index contributed by atoms with van der Waals surface area (Å²) >= 11 is 1.61. The Morgan fingerprint density at radius 3 is 2.91 bits per heavy atom. The second-order valence-corrected chi connectivity index (χ2v) is 7.04. The molecular weight excluding hydrogens is 308 g/mol. The SMILES string of the molecule is Cc1nc(COc2cccc(C(=O)NC3CCCCC3)c2)cs1. The van der Waals surface area contributed by atoms with Crippen LogP contribution in [0.5, 0.6) is 5.75 Å². The molecule has 1 fully saturated rings. The van der Waals surface area contributed by atoms with Gasteiger partial charge < -0.3 is 10.1 Å². The predicted molar refractivity (Wildman–Crippen MR) is 92.0 cm³/mol. The van der Waals surface area contributed by atoms with Crippen molar-refractivity contribution >= 4 is 17.2 Å². The highest BCUT2D eigenvalue weighted by Gasteiger charge is 2.16. The molecule has 1 N–H and O–H groups in total. The minimum atomic E-state index is -0.00754. The fourth-order valence-electron chi connectivity index (χ4n) is 2.87. The second-order valence-electron chi connectivity index (χ2n) is 5.98. The normalized spacial score (nSPS) is 15.3. The van der Waals surface area contributed by atoms with Crippen LogP contribution < -0.4 is 10.1 Å². The van der Waals surface area contributed by atoms with Crippen molar-refractivity contribution in [3.8, 4) is 5.75 Å². The van der Waals surface area contributed by atoms with Gasteiger partial charge in [0.2, 0.25) is 0 Å². The summed E-state index contributed by atoms with van der Waals surface area (Å²) in [5, 5.41) is 6.16. The van der Waals surface area contributed by atoms with E-state index in [-0.39, 0.29) is 5.91 Å². The number of aryl methyl sites for hydroxylation is 1. The molecule has 1 aromatic carbocycles. The Kier molecular flexibility index (Phi) is 5.28. The number of nitrogens with zero attached hydrogens (tertiary/aromatic N) is 1. The van der Waals surface area contributed by atoms with Crippen LogP contribution in [0, 0.1) is 6.92 Å². The molecular formula is C18H22N2O2S. The predicted octanol–water partition coefficient (Wildman–Crippen LogP) is 4.09. The van der Waals surface area contributed by atoms with Crippen molar-refractivity contribution in [3.05, 3.63) is 45.9 Å². The van der Waals surface area contributed by atoms with E-state index < -0.39 is 0 Å². The number of thiazole rings is 1. The molecule has 1 aliphatic rings. The molecule has 23 heavy (non-hydrogen) atoms. The molecule has 1 saturated carbocycles. The minimum Gasteiger partial charge on any atom is -0.487 e. The molecule has 1 amide bonds. The topological polar surface area (TPSA) is 51.2 Å². The van der Waals surface area contributed by atoms with Crippen molar-refractivity contribution < 1.29 is 9.53 Å². The van der Waals surface area contributed by atoms with Gasteiger partial charge in [0.15, 0.2) is 0 Å². The number of carbonyl (C=O) groups is 1. The molecule has 1 aromatic heterocycles. The van der Waals surface area contributed by atoms with Gasteiger partial charge in [0.05, 0.1) is 10.7 Å². The summed E-state index contributed by atoms with van der Waals surface area (Å²) in [5.74, 6) is 0.693. The number of hydrogen-bond donors (Lipinski definition) is 1. The first-order chi connectivity index (χ1) is 11.2. The van der Waals surface area contributed by atoms with Gasteiger partial charge in [-0.25, -0.2) is 4.98 Å². The lowest BCUT2D eigenvalue weighted by Gasteiger charge is -2.22. The van der Waals surface area contributed by atoms with E-state index >= 15 is 0 Å². The molecule has 0 bridgehead atoms. The Labute approximate surface area is 140 Å². The van der Waals surface area contributed by atoms with Gasteiger partial charge in [0.25, 0.3) is 5.91 Å². The van der Waals surface area contributed by atoms with Crippen molar-refractivity contribution in [2.75, 3.05) is 0 Å². The average Bonchev–Trinajstić information content (AvgIpc) is 3.00. The van der Waals surface area contributed by atoms with Crippen LogP contribution in [0.4, 0.5) is 0 Å². The van der Waals surface area contributed by atoms with E-state index in [4.69, 9.17) is 4.74 Å². The fourth-order valence-corrected chi connectivity index (χ4v) is 3.47. The van der Waals surface area contributed by atoms with Crippen molar-refractivity contribution in [2.45, 2.75) is 51.7 Å². The first-order valence-corrected chi connectivity index (χ1v) is 9.03. The highest BCUT2D eigenvalue weighted by Crippen LogP contribution is 2.19. The number of carbonyl (C=O) groups excluding carboxylic acids is 1. The van der Waals surface area contributed by atoms with Crippen molar-refractivity contribution in [1.29, 1.82) is 0 Å². The van der Waals surface area contributed by atoms with E-state index in [1.807, 2.05) is 30.5 Å². The number of benzene rings is 1. The van der Waals surface area contributed by atoms with E-state index in [0.717, 1.165) is 23.5 Å². The number of hydrogen-bond acceptors (Lipinski definition) is 4. The molecule has 122 valence electrons. The summed E-state index contributed by atoms with van der Waals surface area (Å²) in [7, 11) is 0. The van der Waals surface area contributed by atoms with Crippen LogP contribution in [-0.2, 0) is 6.61 Å². The minimum absolute atomic E-state index is 0.00754. The lowest BCUT2D eigenvalue weighted by atomic mass is 9.95.